The van der Waals surface area contributed by atoms with Gasteiger partial charge in [-0.05, 0) is 46.9 Å². The van der Waals surface area contributed by atoms with Crippen LogP contribution in [0.3, 0.4) is 0 Å². The molecule has 0 bridgehead atoms. The van der Waals surface area contributed by atoms with Crippen molar-refractivity contribution in [3.8, 4) is 0 Å². The number of hydrogen-bond acceptors (Lipinski definition) is 3. The number of aromatic nitrogens is 2. The second-order valence-corrected chi connectivity index (χ2v) is 4.81. The molecule has 1 aromatic heterocycles. The molecule has 0 unspecified atom stereocenters. The third-order valence-corrected chi connectivity index (χ3v) is 3.07. The SMILES string of the molecule is COCCn1ccnc1Nc1ccc(I)cc1. The third-order valence-electron chi connectivity index (χ3n) is 2.35. The van der Waals surface area contributed by atoms with Gasteiger partial charge in [0.2, 0.25) is 5.95 Å². The number of methoxy groups -OCH3 is 1. The first kappa shape index (κ1) is 12.4. The number of hydrogen-bond donors (Lipinski definition) is 1. The van der Waals surface area contributed by atoms with E-state index in [1.807, 2.05) is 22.9 Å². The predicted molar refractivity (Wildman–Crippen MR) is 76.5 cm³/mol. The second kappa shape index (κ2) is 6.02. The Balaban J connectivity index is 2.07. The fraction of sp³-hybridized carbons (Fsp3) is 0.250. The molecule has 0 aliphatic rings. The van der Waals surface area contributed by atoms with Crippen molar-refractivity contribution in [3.05, 3.63) is 40.2 Å². The molecule has 4 nitrogen and oxygen atoms in total. The minimum atomic E-state index is 0.678. The van der Waals surface area contributed by atoms with Crippen molar-refractivity contribution < 1.29 is 4.74 Å². The summed E-state index contributed by atoms with van der Waals surface area (Å²) in [7, 11) is 1.70. The molecule has 0 aliphatic carbocycles. The average molecular weight is 343 g/mol. The predicted octanol–water partition coefficient (Wildman–Crippen LogP) is 2.88. The maximum absolute atomic E-state index is 5.06. The summed E-state index contributed by atoms with van der Waals surface area (Å²) < 4.78 is 8.31. The first-order valence-electron chi connectivity index (χ1n) is 5.32. The van der Waals surface area contributed by atoms with Crippen LogP contribution in [0.25, 0.3) is 0 Å². The largest absolute Gasteiger partial charge is 0.383 e. The lowest BCUT2D eigenvalue weighted by Gasteiger charge is -2.09. The van der Waals surface area contributed by atoms with Gasteiger partial charge in [0, 0.05) is 35.3 Å². The summed E-state index contributed by atoms with van der Waals surface area (Å²) in [6.45, 7) is 1.47. The van der Waals surface area contributed by atoms with Gasteiger partial charge in [0.1, 0.15) is 0 Å². The smallest absolute Gasteiger partial charge is 0.207 e. The number of rotatable bonds is 5. The monoisotopic (exact) mass is 343 g/mol. The summed E-state index contributed by atoms with van der Waals surface area (Å²) >= 11 is 2.29. The normalized spacial score (nSPS) is 10.5. The van der Waals surface area contributed by atoms with Crippen LogP contribution in [0.1, 0.15) is 0 Å². The number of benzene rings is 1. The number of anilines is 2. The quantitative estimate of drug-likeness (QED) is 0.849. The highest BCUT2D eigenvalue weighted by Gasteiger charge is 2.02. The Labute approximate surface area is 114 Å². The van der Waals surface area contributed by atoms with E-state index in [2.05, 4.69) is 45.0 Å². The summed E-state index contributed by atoms with van der Waals surface area (Å²) in [6, 6.07) is 8.20. The molecule has 0 amide bonds. The minimum absolute atomic E-state index is 0.678. The van der Waals surface area contributed by atoms with E-state index in [9.17, 15) is 0 Å². The van der Waals surface area contributed by atoms with Crippen molar-refractivity contribution in [1.29, 1.82) is 0 Å². The van der Waals surface area contributed by atoms with Crippen molar-refractivity contribution >= 4 is 34.2 Å². The molecule has 0 saturated heterocycles. The van der Waals surface area contributed by atoms with E-state index < -0.39 is 0 Å². The maximum Gasteiger partial charge on any atom is 0.207 e. The summed E-state index contributed by atoms with van der Waals surface area (Å²) in [5.41, 5.74) is 1.04. The second-order valence-electron chi connectivity index (χ2n) is 3.57. The molecule has 1 heterocycles. The van der Waals surface area contributed by atoms with E-state index in [0.717, 1.165) is 18.2 Å². The molecule has 17 heavy (non-hydrogen) atoms. The molecule has 0 saturated carbocycles. The highest BCUT2D eigenvalue weighted by molar-refractivity contribution is 14.1. The first-order valence-corrected chi connectivity index (χ1v) is 6.40. The number of nitrogens with zero attached hydrogens (tertiary/aromatic N) is 2. The van der Waals surface area contributed by atoms with Crippen molar-refractivity contribution in [3.63, 3.8) is 0 Å². The van der Waals surface area contributed by atoms with E-state index in [0.29, 0.717) is 6.61 Å². The van der Waals surface area contributed by atoms with E-state index in [1.165, 1.54) is 3.57 Å². The Bertz CT molecular complexity index is 467. The Kier molecular flexibility index (Phi) is 4.38. The molecular weight excluding hydrogens is 329 g/mol. The Morgan fingerprint density at radius 1 is 1.35 bits per heavy atom. The molecule has 90 valence electrons. The van der Waals surface area contributed by atoms with Crippen LogP contribution < -0.4 is 5.32 Å². The van der Waals surface area contributed by atoms with Gasteiger partial charge in [-0.25, -0.2) is 4.98 Å². The van der Waals surface area contributed by atoms with Crippen LogP contribution in [0.5, 0.6) is 0 Å². The zero-order valence-corrected chi connectivity index (χ0v) is 11.7. The van der Waals surface area contributed by atoms with Crippen LogP contribution in [-0.4, -0.2) is 23.3 Å². The van der Waals surface area contributed by atoms with Crippen molar-refractivity contribution in [2.45, 2.75) is 6.54 Å². The lowest BCUT2D eigenvalue weighted by Crippen LogP contribution is -2.07. The standard InChI is InChI=1S/C12H14IN3O/c1-17-9-8-16-7-6-14-12(16)15-11-4-2-10(13)3-5-11/h2-7H,8-9H2,1H3,(H,14,15). The van der Waals surface area contributed by atoms with Crippen LogP contribution in [0.2, 0.25) is 0 Å². The van der Waals surface area contributed by atoms with E-state index >= 15 is 0 Å². The summed E-state index contributed by atoms with van der Waals surface area (Å²) in [4.78, 5) is 4.28. The summed E-state index contributed by atoms with van der Waals surface area (Å²) in [5, 5.41) is 3.28. The molecule has 1 aromatic carbocycles. The lowest BCUT2D eigenvalue weighted by atomic mass is 10.3. The zero-order chi connectivity index (χ0) is 12.1. The van der Waals surface area contributed by atoms with Gasteiger partial charge in [0.15, 0.2) is 0 Å². The van der Waals surface area contributed by atoms with Crippen LogP contribution in [0, 0.1) is 3.57 Å². The molecular formula is C12H14IN3O. The number of ether oxygens (including phenoxy) is 1. The number of nitrogens with one attached hydrogen (secondary N) is 1. The summed E-state index contributed by atoms with van der Waals surface area (Å²) in [5.74, 6) is 0.836. The fourth-order valence-electron chi connectivity index (χ4n) is 1.47. The molecule has 0 radical (unpaired) electrons. The van der Waals surface area contributed by atoms with E-state index in [4.69, 9.17) is 4.74 Å². The van der Waals surface area contributed by atoms with Crippen LogP contribution in [0.4, 0.5) is 11.6 Å². The number of imidazole rings is 1. The highest BCUT2D eigenvalue weighted by Crippen LogP contribution is 2.16. The number of halogens is 1. The van der Waals surface area contributed by atoms with Crippen LogP contribution in [-0.2, 0) is 11.3 Å². The van der Waals surface area contributed by atoms with Gasteiger partial charge in [-0.1, -0.05) is 0 Å². The Hall–Kier alpha value is -1.08. The summed E-state index contributed by atoms with van der Waals surface area (Å²) in [6.07, 6.45) is 3.72. The lowest BCUT2D eigenvalue weighted by molar-refractivity contribution is 0.188. The van der Waals surface area contributed by atoms with Gasteiger partial charge in [-0.3, -0.25) is 0 Å². The van der Waals surface area contributed by atoms with Gasteiger partial charge >= 0.3 is 0 Å². The van der Waals surface area contributed by atoms with Gasteiger partial charge in [0.25, 0.3) is 0 Å². The van der Waals surface area contributed by atoms with Crippen LogP contribution >= 0.6 is 22.6 Å². The Morgan fingerprint density at radius 3 is 2.82 bits per heavy atom. The molecule has 0 aliphatic heterocycles. The highest BCUT2D eigenvalue weighted by atomic mass is 127. The van der Waals surface area contributed by atoms with Crippen molar-refractivity contribution in [2.24, 2.45) is 0 Å². The maximum atomic E-state index is 5.06. The minimum Gasteiger partial charge on any atom is -0.383 e. The molecule has 0 fully saturated rings. The molecule has 1 N–H and O–H groups in total. The molecule has 0 spiro atoms. The van der Waals surface area contributed by atoms with E-state index in [1.54, 1.807) is 13.3 Å². The molecule has 2 rings (SSSR count). The van der Waals surface area contributed by atoms with Gasteiger partial charge < -0.3 is 14.6 Å². The van der Waals surface area contributed by atoms with Crippen molar-refractivity contribution in [2.75, 3.05) is 19.0 Å². The first-order chi connectivity index (χ1) is 8.29. The van der Waals surface area contributed by atoms with Crippen LogP contribution in [0.15, 0.2) is 36.7 Å². The fourth-order valence-corrected chi connectivity index (χ4v) is 1.83. The third kappa shape index (κ3) is 3.44. The van der Waals surface area contributed by atoms with Gasteiger partial charge in [-0.2, -0.15) is 0 Å². The van der Waals surface area contributed by atoms with E-state index in [-0.39, 0.29) is 0 Å². The van der Waals surface area contributed by atoms with Gasteiger partial charge in [0.05, 0.1) is 6.61 Å². The zero-order valence-electron chi connectivity index (χ0n) is 9.56. The molecule has 2 aromatic rings. The average Bonchev–Trinajstić information content (AvgIpc) is 2.77. The Morgan fingerprint density at radius 2 is 2.12 bits per heavy atom. The van der Waals surface area contributed by atoms with Crippen molar-refractivity contribution in [1.82, 2.24) is 9.55 Å². The van der Waals surface area contributed by atoms with Gasteiger partial charge in [-0.15, -0.1) is 0 Å². The topological polar surface area (TPSA) is 39.1 Å². The molecule has 0 atom stereocenters. The molecule has 5 heteroatoms.